The fourth-order valence-corrected chi connectivity index (χ4v) is 5.34. The van der Waals surface area contributed by atoms with Crippen molar-refractivity contribution in [3.05, 3.63) is 94.5 Å². The minimum atomic E-state index is -0.166. The van der Waals surface area contributed by atoms with Gasteiger partial charge in [0.25, 0.3) is 5.91 Å². The van der Waals surface area contributed by atoms with Crippen LogP contribution in [0.4, 0.5) is 0 Å². The van der Waals surface area contributed by atoms with E-state index in [2.05, 4.69) is 19.2 Å². The van der Waals surface area contributed by atoms with E-state index in [1.165, 1.54) is 64.2 Å². The second kappa shape index (κ2) is 21.4. The third-order valence-electron chi connectivity index (χ3n) is 8.31. The Morgan fingerprint density at radius 3 is 2.00 bits per heavy atom. The lowest BCUT2D eigenvalue weighted by atomic mass is 10.00. The molecule has 6 heteroatoms. The predicted molar refractivity (Wildman–Crippen MR) is 185 cm³/mol. The Bertz CT molecular complexity index is 1230. The van der Waals surface area contributed by atoms with Crippen LogP contribution in [-0.2, 0) is 4.74 Å². The largest absolute Gasteiger partial charge is 0.493 e. The highest BCUT2D eigenvalue weighted by molar-refractivity contribution is 5.95. The van der Waals surface area contributed by atoms with Crippen LogP contribution in [0.15, 0.2) is 66.7 Å². The highest BCUT2D eigenvalue weighted by Gasteiger charge is 2.12. The summed E-state index contributed by atoms with van der Waals surface area (Å²) < 4.78 is 17.6. The van der Waals surface area contributed by atoms with Gasteiger partial charge < -0.3 is 25.3 Å². The number of hydrogen-bond donors (Lipinski definition) is 2. The Kier molecular flexibility index (Phi) is 17.2. The van der Waals surface area contributed by atoms with Crippen LogP contribution >= 0.6 is 0 Å². The van der Waals surface area contributed by atoms with Gasteiger partial charge in [-0.1, -0.05) is 114 Å². The molecule has 0 saturated carbocycles. The van der Waals surface area contributed by atoms with Crippen LogP contribution in [0.2, 0.25) is 0 Å². The maximum atomic E-state index is 12.8. The van der Waals surface area contributed by atoms with Gasteiger partial charge in [0.2, 0.25) is 0 Å². The second-order valence-corrected chi connectivity index (χ2v) is 12.0. The Morgan fingerprint density at radius 1 is 0.711 bits per heavy atom. The van der Waals surface area contributed by atoms with Crippen molar-refractivity contribution in [2.75, 3.05) is 33.0 Å². The first kappa shape index (κ1) is 36.1. The fraction of sp³-hybridized carbons (Fsp3) is 0.513. The van der Waals surface area contributed by atoms with E-state index in [0.29, 0.717) is 38.5 Å². The molecular formula is C39H56N2O4. The van der Waals surface area contributed by atoms with Crippen LogP contribution in [0.3, 0.4) is 0 Å². The van der Waals surface area contributed by atoms with E-state index in [0.717, 1.165) is 40.2 Å². The smallest absolute Gasteiger partial charge is 0.251 e. The summed E-state index contributed by atoms with van der Waals surface area (Å²) in [5.41, 5.74) is 11.2. The van der Waals surface area contributed by atoms with Gasteiger partial charge in [-0.25, -0.2) is 0 Å². The summed E-state index contributed by atoms with van der Waals surface area (Å²) in [6, 6.07) is 21.5. The first-order valence-corrected chi connectivity index (χ1v) is 17.1. The minimum Gasteiger partial charge on any atom is -0.493 e. The molecule has 0 aliphatic heterocycles. The first-order chi connectivity index (χ1) is 22.0. The van der Waals surface area contributed by atoms with Crippen molar-refractivity contribution in [3.63, 3.8) is 0 Å². The van der Waals surface area contributed by atoms with E-state index >= 15 is 0 Å². The molecule has 0 spiro atoms. The molecule has 1 unspecified atom stereocenters. The lowest BCUT2D eigenvalue weighted by Gasteiger charge is -2.14. The van der Waals surface area contributed by atoms with Crippen LogP contribution in [0.25, 0.3) is 0 Å². The number of unbranched alkanes of at least 4 members (excludes halogenated alkanes) is 10. The summed E-state index contributed by atoms with van der Waals surface area (Å²) in [6.07, 6.45) is 14.4. The highest BCUT2D eigenvalue weighted by Crippen LogP contribution is 2.25. The zero-order valence-electron chi connectivity index (χ0n) is 28.0. The predicted octanol–water partition coefficient (Wildman–Crippen LogP) is 8.87. The molecule has 3 aromatic carbocycles. The monoisotopic (exact) mass is 616 g/mol. The number of carbonyl (C=O) groups excluding carboxylic acids is 1. The van der Waals surface area contributed by atoms with Gasteiger partial charge in [0.15, 0.2) is 0 Å². The number of aryl methyl sites for hydroxylation is 1. The minimum absolute atomic E-state index is 0.119. The van der Waals surface area contributed by atoms with Gasteiger partial charge in [0, 0.05) is 12.1 Å². The van der Waals surface area contributed by atoms with Gasteiger partial charge >= 0.3 is 0 Å². The van der Waals surface area contributed by atoms with Crippen LogP contribution in [0.5, 0.6) is 11.5 Å². The molecule has 3 rings (SSSR count). The quantitative estimate of drug-likeness (QED) is 0.104. The zero-order valence-corrected chi connectivity index (χ0v) is 28.0. The summed E-state index contributed by atoms with van der Waals surface area (Å²) >= 11 is 0. The second-order valence-electron chi connectivity index (χ2n) is 12.0. The lowest BCUT2D eigenvalue weighted by Crippen LogP contribution is -2.28. The van der Waals surface area contributed by atoms with Crippen molar-refractivity contribution < 1.29 is 19.0 Å². The Morgan fingerprint density at radius 2 is 1.33 bits per heavy atom. The molecule has 0 aliphatic carbocycles. The van der Waals surface area contributed by atoms with E-state index < -0.39 is 0 Å². The Hall–Kier alpha value is -3.35. The van der Waals surface area contributed by atoms with E-state index in [1.54, 1.807) is 0 Å². The number of benzene rings is 3. The molecular weight excluding hydrogens is 560 g/mol. The normalized spacial score (nSPS) is 11.7. The molecule has 0 bridgehead atoms. The highest BCUT2D eigenvalue weighted by atomic mass is 16.5. The molecule has 6 nitrogen and oxygen atoms in total. The van der Waals surface area contributed by atoms with Gasteiger partial charge in [-0.2, -0.15) is 0 Å². The van der Waals surface area contributed by atoms with Crippen LogP contribution in [0, 0.1) is 13.8 Å². The summed E-state index contributed by atoms with van der Waals surface area (Å²) in [6.45, 7) is 8.72. The number of rotatable bonds is 23. The molecule has 246 valence electrons. The van der Waals surface area contributed by atoms with E-state index in [-0.39, 0.29) is 11.9 Å². The molecule has 0 aromatic heterocycles. The molecule has 0 radical (unpaired) electrons. The van der Waals surface area contributed by atoms with Crippen molar-refractivity contribution in [2.24, 2.45) is 5.73 Å². The SMILES string of the molecule is CCCCCCCCCCCCCOc1cc(C(=O)NCCOCCOc2ccc(C(N)c3ccccc3)cc2)cc(C)c1C. The van der Waals surface area contributed by atoms with Crippen LogP contribution in [0.1, 0.15) is 116 Å². The number of hydrogen-bond acceptors (Lipinski definition) is 5. The fourth-order valence-electron chi connectivity index (χ4n) is 5.34. The summed E-state index contributed by atoms with van der Waals surface area (Å²) in [7, 11) is 0. The molecule has 3 aromatic rings. The summed E-state index contributed by atoms with van der Waals surface area (Å²) in [5.74, 6) is 1.45. The Labute approximate surface area is 272 Å². The standard InChI is InChI=1S/C39H56N2O4/c1-4-5-6-7-8-9-10-11-12-13-17-25-45-37-30-35(29-31(2)32(37)3)39(42)41-24-26-43-27-28-44-36-22-20-34(21-23-36)38(40)33-18-15-14-16-19-33/h14-16,18-23,29-30,38H,4-13,17,24-28,40H2,1-3H3,(H,41,42). The Balaban J connectivity index is 1.26. The number of nitrogens with one attached hydrogen (secondary N) is 1. The molecule has 45 heavy (non-hydrogen) atoms. The average Bonchev–Trinajstić information content (AvgIpc) is 3.06. The number of ether oxygens (including phenoxy) is 3. The molecule has 0 aliphatic rings. The summed E-state index contributed by atoms with van der Waals surface area (Å²) in [5, 5.41) is 2.95. The molecule has 1 atom stereocenters. The third kappa shape index (κ3) is 13.7. The van der Waals surface area contributed by atoms with Crippen molar-refractivity contribution in [2.45, 2.75) is 97.4 Å². The number of nitrogens with two attached hydrogens (primary N) is 1. The average molecular weight is 617 g/mol. The van der Waals surface area contributed by atoms with Gasteiger partial charge in [-0.15, -0.1) is 0 Å². The maximum Gasteiger partial charge on any atom is 0.251 e. The number of carbonyl (C=O) groups is 1. The number of amides is 1. The van der Waals surface area contributed by atoms with Gasteiger partial charge in [0.1, 0.15) is 18.1 Å². The summed E-state index contributed by atoms with van der Waals surface area (Å²) in [4.78, 5) is 12.8. The zero-order chi connectivity index (χ0) is 32.1. The van der Waals surface area contributed by atoms with E-state index in [4.69, 9.17) is 19.9 Å². The van der Waals surface area contributed by atoms with Crippen LogP contribution in [-0.4, -0.2) is 38.9 Å². The first-order valence-electron chi connectivity index (χ1n) is 17.1. The molecule has 0 saturated heterocycles. The molecule has 1 amide bonds. The maximum absolute atomic E-state index is 12.8. The van der Waals surface area contributed by atoms with Crippen molar-refractivity contribution >= 4 is 5.91 Å². The van der Waals surface area contributed by atoms with Gasteiger partial charge in [0.05, 0.1) is 25.9 Å². The van der Waals surface area contributed by atoms with Crippen molar-refractivity contribution in [3.8, 4) is 11.5 Å². The van der Waals surface area contributed by atoms with Crippen molar-refractivity contribution in [1.29, 1.82) is 0 Å². The van der Waals surface area contributed by atoms with Gasteiger partial charge in [-0.05, 0) is 66.8 Å². The topological polar surface area (TPSA) is 82.8 Å². The van der Waals surface area contributed by atoms with E-state index in [1.807, 2.05) is 73.7 Å². The van der Waals surface area contributed by atoms with E-state index in [9.17, 15) is 4.79 Å². The lowest BCUT2D eigenvalue weighted by molar-refractivity contribution is 0.0866. The molecule has 3 N–H and O–H groups in total. The molecule has 0 fully saturated rings. The van der Waals surface area contributed by atoms with Gasteiger partial charge in [-0.3, -0.25) is 4.79 Å². The molecule has 0 heterocycles. The third-order valence-corrected chi connectivity index (χ3v) is 8.31. The van der Waals surface area contributed by atoms with Crippen LogP contribution < -0.4 is 20.5 Å². The van der Waals surface area contributed by atoms with Crippen molar-refractivity contribution in [1.82, 2.24) is 5.32 Å².